The van der Waals surface area contributed by atoms with Crippen molar-refractivity contribution in [2.45, 2.75) is 64.4 Å². The van der Waals surface area contributed by atoms with E-state index in [1.165, 1.54) is 0 Å². The molecule has 0 aliphatic carbocycles. The second kappa shape index (κ2) is 22.1. The number of carbonyl (C=O) groups is 1. The average molecular weight is 402 g/mol. The largest absolute Gasteiger partial charge is 0.394 e. The van der Waals surface area contributed by atoms with Crippen molar-refractivity contribution in [3.05, 3.63) is 72.9 Å². The lowest BCUT2D eigenvalue weighted by molar-refractivity contribution is -0.121. The summed E-state index contributed by atoms with van der Waals surface area (Å²) in [6, 6.07) is 0. The molecule has 0 fully saturated rings. The predicted octanol–water partition coefficient (Wildman–Crippen LogP) is 4.93. The Morgan fingerprint density at radius 3 is 1.59 bits per heavy atom. The van der Waals surface area contributed by atoms with E-state index in [2.05, 4.69) is 73.0 Å². The topological polar surface area (TPSA) is 69.6 Å². The molecule has 0 heterocycles. The van der Waals surface area contributed by atoms with Gasteiger partial charge in [-0.05, 0) is 44.9 Å². The highest BCUT2D eigenvalue weighted by molar-refractivity contribution is 5.75. The van der Waals surface area contributed by atoms with Crippen LogP contribution in [0.2, 0.25) is 0 Å². The van der Waals surface area contributed by atoms with Crippen LogP contribution in [-0.4, -0.2) is 35.4 Å². The maximum atomic E-state index is 11.5. The number of amides is 1. The average Bonchev–Trinajstić information content (AvgIpc) is 2.73. The van der Waals surface area contributed by atoms with Crippen LogP contribution >= 0.6 is 0 Å². The van der Waals surface area contributed by atoms with Gasteiger partial charge in [-0.15, -0.1) is 0 Å². The van der Waals surface area contributed by atoms with Crippen LogP contribution < -0.4 is 5.32 Å². The normalized spacial score (nSPS) is 13.9. The van der Waals surface area contributed by atoms with Gasteiger partial charge in [0.2, 0.25) is 5.91 Å². The molecule has 1 amide bonds. The molecule has 0 aliphatic rings. The molecule has 4 nitrogen and oxygen atoms in total. The molecule has 4 heteroatoms. The third-order valence-corrected chi connectivity index (χ3v) is 3.88. The summed E-state index contributed by atoms with van der Waals surface area (Å²) in [4.78, 5) is 11.5. The minimum absolute atomic E-state index is 0.0963. The van der Waals surface area contributed by atoms with Crippen molar-refractivity contribution >= 4 is 5.91 Å². The Bertz CT molecular complexity index is 556. The lowest BCUT2D eigenvalue weighted by Gasteiger charge is -2.07. The van der Waals surface area contributed by atoms with E-state index in [1.54, 1.807) is 0 Å². The van der Waals surface area contributed by atoms with Crippen molar-refractivity contribution in [1.82, 2.24) is 5.32 Å². The van der Waals surface area contributed by atoms with Crippen LogP contribution in [0.5, 0.6) is 0 Å². The molecule has 0 spiro atoms. The Labute approximate surface area is 177 Å². The smallest absolute Gasteiger partial charge is 0.220 e. The van der Waals surface area contributed by atoms with Gasteiger partial charge in [-0.3, -0.25) is 4.79 Å². The van der Waals surface area contributed by atoms with Crippen LogP contribution in [0.4, 0.5) is 0 Å². The molecule has 0 radical (unpaired) electrons. The van der Waals surface area contributed by atoms with Gasteiger partial charge in [0.05, 0.1) is 12.7 Å². The van der Waals surface area contributed by atoms with Gasteiger partial charge in [-0.25, -0.2) is 0 Å². The van der Waals surface area contributed by atoms with Crippen molar-refractivity contribution in [3.63, 3.8) is 0 Å². The number of hydrogen-bond donors (Lipinski definition) is 3. The van der Waals surface area contributed by atoms with E-state index in [0.29, 0.717) is 12.8 Å². The minimum atomic E-state index is -0.884. The third kappa shape index (κ3) is 22.0. The van der Waals surface area contributed by atoms with E-state index in [9.17, 15) is 4.79 Å². The van der Waals surface area contributed by atoms with Crippen molar-refractivity contribution in [3.8, 4) is 0 Å². The zero-order chi connectivity index (χ0) is 21.4. The molecule has 0 aromatic carbocycles. The minimum Gasteiger partial charge on any atom is -0.394 e. The quantitative estimate of drug-likeness (QED) is 0.303. The van der Waals surface area contributed by atoms with Crippen LogP contribution in [0.15, 0.2) is 72.9 Å². The summed E-state index contributed by atoms with van der Waals surface area (Å²) < 4.78 is 0. The van der Waals surface area contributed by atoms with Gasteiger partial charge in [0.1, 0.15) is 0 Å². The van der Waals surface area contributed by atoms with Crippen LogP contribution in [0.3, 0.4) is 0 Å². The molecular weight excluding hydrogens is 362 g/mol. The first-order valence-corrected chi connectivity index (χ1v) is 10.7. The molecule has 0 rings (SSSR count). The summed E-state index contributed by atoms with van der Waals surface area (Å²) in [6.07, 6.45) is 31.9. The molecule has 0 saturated heterocycles. The van der Waals surface area contributed by atoms with E-state index in [-0.39, 0.29) is 19.1 Å². The number of aliphatic hydroxyl groups is 2. The summed E-state index contributed by atoms with van der Waals surface area (Å²) in [6.45, 7) is 1.90. The number of nitrogens with one attached hydrogen (secondary N) is 1. The van der Waals surface area contributed by atoms with Gasteiger partial charge < -0.3 is 15.5 Å². The summed E-state index contributed by atoms with van der Waals surface area (Å²) in [5.74, 6) is -0.114. The summed E-state index contributed by atoms with van der Waals surface area (Å²) in [5.41, 5.74) is 0. The van der Waals surface area contributed by atoms with E-state index < -0.39 is 6.10 Å². The zero-order valence-electron chi connectivity index (χ0n) is 17.9. The van der Waals surface area contributed by atoms with Gasteiger partial charge >= 0.3 is 0 Å². The Morgan fingerprint density at radius 1 is 0.759 bits per heavy atom. The second-order valence-corrected chi connectivity index (χ2v) is 6.59. The van der Waals surface area contributed by atoms with Gasteiger partial charge in [0, 0.05) is 13.0 Å². The summed E-state index contributed by atoms with van der Waals surface area (Å²) >= 11 is 0. The predicted molar refractivity (Wildman–Crippen MR) is 124 cm³/mol. The summed E-state index contributed by atoms with van der Waals surface area (Å²) in [5, 5.41) is 20.4. The van der Waals surface area contributed by atoms with Gasteiger partial charge in [0.15, 0.2) is 0 Å². The van der Waals surface area contributed by atoms with E-state index in [1.807, 2.05) is 12.2 Å². The molecule has 0 aromatic rings. The fourth-order valence-corrected chi connectivity index (χ4v) is 2.24. The molecule has 0 bridgehead atoms. The van der Waals surface area contributed by atoms with Crippen molar-refractivity contribution < 1.29 is 15.0 Å². The maximum absolute atomic E-state index is 11.5. The second-order valence-electron chi connectivity index (χ2n) is 6.59. The van der Waals surface area contributed by atoms with Crippen molar-refractivity contribution in [2.75, 3.05) is 13.2 Å². The Kier molecular flexibility index (Phi) is 20.5. The number of carbonyl (C=O) groups excluding carboxylic acids is 1. The first kappa shape index (κ1) is 26.8. The van der Waals surface area contributed by atoms with Crippen molar-refractivity contribution in [2.24, 2.45) is 0 Å². The lowest BCUT2D eigenvalue weighted by atomic mass is 10.2. The number of aliphatic hydroxyl groups excluding tert-OH is 2. The number of allylic oxidation sites excluding steroid dienone is 12. The highest BCUT2D eigenvalue weighted by atomic mass is 16.3. The van der Waals surface area contributed by atoms with E-state index in [4.69, 9.17) is 10.2 Å². The summed E-state index contributed by atoms with van der Waals surface area (Å²) in [7, 11) is 0. The van der Waals surface area contributed by atoms with Gasteiger partial charge in [-0.2, -0.15) is 0 Å². The van der Waals surface area contributed by atoms with Gasteiger partial charge in [0.25, 0.3) is 0 Å². The molecule has 3 N–H and O–H groups in total. The maximum Gasteiger partial charge on any atom is 0.220 e. The molecule has 0 unspecified atom stereocenters. The molecule has 162 valence electrons. The standard InChI is InChI=1S/C25H39NO3/c1-2-3-4-5-6-7-8-9-10-11-12-13-14-15-16-17-18-19-20-21-25(29)26-22-24(28)23-27/h3-4,6-7,9-10,12-13,15-16,18-19,24,27-28H,2,5,8,11,14,17,20-23H2,1H3,(H,26,29)/b4-3-,7-6-,10-9-,13-12-,16-15-,19-18-/t24-/m0/s1. The third-order valence-electron chi connectivity index (χ3n) is 3.88. The molecular formula is C25H39NO3. The van der Waals surface area contributed by atoms with Crippen molar-refractivity contribution in [1.29, 1.82) is 0 Å². The zero-order valence-corrected chi connectivity index (χ0v) is 17.9. The highest BCUT2D eigenvalue weighted by Crippen LogP contribution is 1.97. The monoisotopic (exact) mass is 401 g/mol. The Balaban J connectivity index is 3.58. The van der Waals surface area contributed by atoms with Crippen LogP contribution in [0.1, 0.15) is 58.3 Å². The van der Waals surface area contributed by atoms with Crippen LogP contribution in [-0.2, 0) is 4.79 Å². The fraction of sp³-hybridized carbons (Fsp3) is 0.480. The molecule has 0 saturated carbocycles. The SMILES string of the molecule is CC/C=C\C/C=C\C/C=C\C/C=C\C/C=C\C/C=C\CCC(=O)NC[C@H](O)CO. The number of hydrogen-bond acceptors (Lipinski definition) is 3. The first-order valence-electron chi connectivity index (χ1n) is 10.7. The highest BCUT2D eigenvalue weighted by Gasteiger charge is 2.04. The Morgan fingerprint density at radius 2 is 1.17 bits per heavy atom. The Hall–Kier alpha value is -2.17. The molecule has 0 aliphatic heterocycles. The number of rotatable bonds is 17. The lowest BCUT2D eigenvalue weighted by Crippen LogP contribution is -2.33. The van der Waals surface area contributed by atoms with Gasteiger partial charge in [-0.1, -0.05) is 79.8 Å². The fourth-order valence-electron chi connectivity index (χ4n) is 2.24. The molecule has 29 heavy (non-hydrogen) atoms. The van der Waals surface area contributed by atoms with E-state index in [0.717, 1.165) is 38.5 Å². The molecule has 1 atom stereocenters. The first-order chi connectivity index (χ1) is 14.2. The van der Waals surface area contributed by atoms with E-state index >= 15 is 0 Å². The van der Waals surface area contributed by atoms with Crippen LogP contribution in [0.25, 0.3) is 0 Å². The van der Waals surface area contributed by atoms with Crippen LogP contribution in [0, 0.1) is 0 Å². The molecule has 0 aromatic heterocycles.